The second kappa shape index (κ2) is 2.75. The minimum atomic E-state index is -1.63. The molecule has 0 bridgehead atoms. The van der Waals surface area contributed by atoms with Crippen LogP contribution in [0.2, 0.25) is 0 Å². The number of rotatable bonds is 3. The average Bonchev–Trinajstić information content (AvgIpc) is 1.83. The third-order valence-corrected chi connectivity index (χ3v) is 2.35. The lowest BCUT2D eigenvalue weighted by atomic mass is 9.62. The summed E-state index contributed by atoms with van der Waals surface area (Å²) >= 11 is 0. The minimum Gasteiger partial charge on any atom is -0.480 e. The zero-order chi connectivity index (χ0) is 9.35. The van der Waals surface area contributed by atoms with Crippen molar-refractivity contribution in [3.63, 3.8) is 0 Å². The fourth-order valence-electron chi connectivity index (χ4n) is 1.50. The van der Waals surface area contributed by atoms with E-state index in [4.69, 9.17) is 15.3 Å². The maximum atomic E-state index is 10.5. The van der Waals surface area contributed by atoms with Gasteiger partial charge in [-0.1, -0.05) is 0 Å². The summed E-state index contributed by atoms with van der Waals surface area (Å²) in [5, 5.41) is 25.8. The van der Waals surface area contributed by atoms with Crippen LogP contribution in [0.5, 0.6) is 0 Å². The molecule has 0 aromatic carbocycles. The zero-order valence-corrected chi connectivity index (χ0v) is 6.36. The van der Waals surface area contributed by atoms with E-state index in [-0.39, 0.29) is 25.4 Å². The summed E-state index contributed by atoms with van der Waals surface area (Å²) in [6, 6.07) is 0. The van der Waals surface area contributed by atoms with Gasteiger partial charge >= 0.3 is 11.9 Å². The highest BCUT2D eigenvalue weighted by molar-refractivity contribution is 5.99. The van der Waals surface area contributed by atoms with Gasteiger partial charge in [0, 0.05) is 6.61 Å². The zero-order valence-electron chi connectivity index (χ0n) is 6.36. The second-order valence-electron chi connectivity index (χ2n) is 3.15. The smallest absolute Gasteiger partial charge is 0.321 e. The molecule has 0 amide bonds. The molecule has 0 unspecified atom stereocenters. The lowest BCUT2D eigenvalue weighted by Gasteiger charge is -2.39. The third kappa shape index (κ3) is 1.06. The van der Waals surface area contributed by atoms with Gasteiger partial charge in [-0.05, 0) is 18.8 Å². The van der Waals surface area contributed by atoms with Gasteiger partial charge in [0.25, 0.3) is 0 Å². The number of aliphatic carboxylic acids is 2. The maximum Gasteiger partial charge on any atom is 0.321 e. The van der Waals surface area contributed by atoms with Crippen LogP contribution in [0.25, 0.3) is 0 Å². The van der Waals surface area contributed by atoms with Gasteiger partial charge in [-0.25, -0.2) is 0 Å². The summed E-state index contributed by atoms with van der Waals surface area (Å²) in [5.41, 5.74) is -1.63. The van der Waals surface area contributed by atoms with E-state index in [0.29, 0.717) is 0 Å². The van der Waals surface area contributed by atoms with E-state index in [9.17, 15) is 9.59 Å². The predicted molar refractivity (Wildman–Crippen MR) is 37.5 cm³/mol. The van der Waals surface area contributed by atoms with Gasteiger partial charge in [0.2, 0.25) is 0 Å². The monoisotopic (exact) mass is 174 g/mol. The first-order valence-electron chi connectivity index (χ1n) is 3.60. The molecule has 0 radical (unpaired) electrons. The van der Waals surface area contributed by atoms with Crippen molar-refractivity contribution < 1.29 is 24.9 Å². The van der Waals surface area contributed by atoms with Crippen molar-refractivity contribution in [2.75, 3.05) is 6.61 Å². The van der Waals surface area contributed by atoms with Crippen molar-refractivity contribution in [1.82, 2.24) is 0 Å². The molecule has 1 rings (SSSR count). The largest absolute Gasteiger partial charge is 0.480 e. The van der Waals surface area contributed by atoms with Crippen LogP contribution in [0.3, 0.4) is 0 Å². The number of carbonyl (C=O) groups is 2. The van der Waals surface area contributed by atoms with Gasteiger partial charge in [0.1, 0.15) is 0 Å². The third-order valence-electron chi connectivity index (χ3n) is 2.35. The molecule has 0 atom stereocenters. The van der Waals surface area contributed by atoms with E-state index >= 15 is 0 Å². The fraction of sp³-hybridized carbons (Fsp3) is 0.714. The molecule has 0 saturated heterocycles. The second-order valence-corrected chi connectivity index (χ2v) is 3.15. The summed E-state index contributed by atoms with van der Waals surface area (Å²) in [4.78, 5) is 21.1. The molecule has 68 valence electrons. The number of aliphatic hydroxyl groups excluding tert-OH is 1. The van der Waals surface area contributed by atoms with Crippen LogP contribution in [0, 0.1) is 11.3 Å². The van der Waals surface area contributed by atoms with E-state index in [1.165, 1.54) is 0 Å². The van der Waals surface area contributed by atoms with Crippen LogP contribution in [0.4, 0.5) is 0 Å². The van der Waals surface area contributed by atoms with Gasteiger partial charge in [0.05, 0.1) is 0 Å². The van der Waals surface area contributed by atoms with Crippen molar-refractivity contribution >= 4 is 11.9 Å². The molecule has 12 heavy (non-hydrogen) atoms. The summed E-state index contributed by atoms with van der Waals surface area (Å²) in [7, 11) is 0. The highest BCUT2D eigenvalue weighted by atomic mass is 16.4. The van der Waals surface area contributed by atoms with Crippen molar-refractivity contribution in [3.05, 3.63) is 0 Å². The van der Waals surface area contributed by atoms with Crippen LogP contribution < -0.4 is 0 Å². The fourth-order valence-corrected chi connectivity index (χ4v) is 1.50. The lowest BCUT2D eigenvalue weighted by Crippen LogP contribution is -2.50. The van der Waals surface area contributed by atoms with Gasteiger partial charge in [0.15, 0.2) is 5.41 Å². The molecule has 5 heteroatoms. The summed E-state index contributed by atoms with van der Waals surface area (Å²) in [6.07, 6.45) is 0.0718. The normalized spacial score (nSPS) is 21.4. The minimum absolute atomic E-state index is 0.0359. The molecule has 0 aromatic heterocycles. The molecule has 0 heterocycles. The molecule has 1 aliphatic rings. The van der Waals surface area contributed by atoms with Crippen molar-refractivity contribution in [1.29, 1.82) is 0 Å². The standard InChI is InChI=1S/C7H10O5/c8-3-4-1-7(2-4,5(9)10)6(11)12/h4,8H,1-3H2,(H,9,10)(H,11,12). The lowest BCUT2D eigenvalue weighted by molar-refractivity contribution is -0.176. The molecule has 0 spiro atoms. The number of hydrogen-bond acceptors (Lipinski definition) is 3. The van der Waals surface area contributed by atoms with E-state index in [0.717, 1.165) is 0 Å². The van der Waals surface area contributed by atoms with Gasteiger partial charge in [-0.3, -0.25) is 9.59 Å². The van der Waals surface area contributed by atoms with Gasteiger partial charge in [-0.15, -0.1) is 0 Å². The first-order chi connectivity index (χ1) is 5.53. The molecular formula is C7H10O5. The summed E-state index contributed by atoms with van der Waals surface area (Å²) < 4.78 is 0. The van der Waals surface area contributed by atoms with Crippen molar-refractivity contribution in [3.8, 4) is 0 Å². The highest BCUT2D eigenvalue weighted by Gasteiger charge is 2.56. The molecule has 5 nitrogen and oxygen atoms in total. The Labute approximate surface area is 68.6 Å². The van der Waals surface area contributed by atoms with Crippen LogP contribution in [-0.4, -0.2) is 33.9 Å². The van der Waals surface area contributed by atoms with Crippen LogP contribution in [0.1, 0.15) is 12.8 Å². The van der Waals surface area contributed by atoms with Crippen molar-refractivity contribution in [2.24, 2.45) is 11.3 Å². The highest BCUT2D eigenvalue weighted by Crippen LogP contribution is 2.45. The average molecular weight is 174 g/mol. The molecule has 1 saturated carbocycles. The van der Waals surface area contributed by atoms with Crippen LogP contribution in [-0.2, 0) is 9.59 Å². The summed E-state index contributed by atoms with van der Waals surface area (Å²) in [5.74, 6) is -2.78. The number of carboxylic acids is 2. The molecular weight excluding hydrogens is 164 g/mol. The van der Waals surface area contributed by atoms with E-state index in [1.54, 1.807) is 0 Å². The Kier molecular flexibility index (Phi) is 2.06. The topological polar surface area (TPSA) is 94.8 Å². The van der Waals surface area contributed by atoms with Crippen molar-refractivity contribution in [2.45, 2.75) is 12.8 Å². The quantitative estimate of drug-likeness (QED) is 0.503. The van der Waals surface area contributed by atoms with Crippen LogP contribution in [0.15, 0.2) is 0 Å². The predicted octanol–water partition coefficient (Wildman–Crippen LogP) is -0.456. The van der Waals surface area contributed by atoms with E-state index < -0.39 is 17.4 Å². The Morgan fingerprint density at radius 1 is 1.25 bits per heavy atom. The molecule has 0 aromatic rings. The van der Waals surface area contributed by atoms with E-state index in [2.05, 4.69) is 0 Å². The Balaban J connectivity index is 2.69. The van der Waals surface area contributed by atoms with Crippen LogP contribution >= 0.6 is 0 Å². The molecule has 0 aliphatic heterocycles. The van der Waals surface area contributed by atoms with Gasteiger partial charge < -0.3 is 15.3 Å². The summed E-state index contributed by atoms with van der Waals surface area (Å²) in [6.45, 7) is -0.137. The molecule has 1 fully saturated rings. The van der Waals surface area contributed by atoms with Gasteiger partial charge in [-0.2, -0.15) is 0 Å². The molecule has 1 aliphatic carbocycles. The first kappa shape index (κ1) is 8.99. The number of aliphatic hydroxyl groups is 1. The Hall–Kier alpha value is -1.10. The number of hydrogen-bond donors (Lipinski definition) is 3. The Morgan fingerprint density at radius 2 is 1.67 bits per heavy atom. The number of carboxylic acid groups (broad SMARTS) is 2. The molecule has 3 N–H and O–H groups in total. The van der Waals surface area contributed by atoms with E-state index in [1.807, 2.05) is 0 Å². The maximum absolute atomic E-state index is 10.5. The first-order valence-corrected chi connectivity index (χ1v) is 3.60. The Bertz CT molecular complexity index is 200. The SMILES string of the molecule is O=C(O)C1(C(=O)O)CC(CO)C1. The Morgan fingerprint density at radius 3 is 1.92 bits per heavy atom.